The fraction of sp³-hybridized carbons (Fsp3) is 0.786. The fourth-order valence-electron chi connectivity index (χ4n) is 2.87. The highest BCUT2D eigenvalue weighted by Gasteiger charge is 2.29. The second-order valence-corrected chi connectivity index (χ2v) is 6.19. The largest absolute Gasteiger partial charge is 0.389 e. The zero-order valence-electron chi connectivity index (χ0n) is 12.0. The Balaban J connectivity index is 2.02. The molecule has 1 atom stereocenters. The number of hydrogen-bond donors (Lipinski definition) is 1. The summed E-state index contributed by atoms with van der Waals surface area (Å²) in [4.78, 5) is 2.40. The van der Waals surface area contributed by atoms with Crippen LogP contribution in [0.4, 0.5) is 0 Å². The van der Waals surface area contributed by atoms with Gasteiger partial charge in [0, 0.05) is 18.3 Å². The van der Waals surface area contributed by atoms with Crippen LogP contribution in [-0.4, -0.2) is 44.5 Å². The fourth-order valence-corrected chi connectivity index (χ4v) is 2.87. The predicted molar refractivity (Wildman–Crippen MR) is 72.6 cm³/mol. The smallest absolute Gasteiger partial charge is 0.0718 e. The van der Waals surface area contributed by atoms with Crippen LogP contribution in [0.25, 0.3) is 0 Å². The topological polar surface area (TPSA) is 41.3 Å². The van der Waals surface area contributed by atoms with Crippen LogP contribution in [-0.2, 0) is 6.54 Å². The Hall–Kier alpha value is -0.870. The van der Waals surface area contributed by atoms with Crippen molar-refractivity contribution in [2.24, 2.45) is 0 Å². The van der Waals surface area contributed by atoms with Gasteiger partial charge in [-0.15, -0.1) is 0 Å². The Morgan fingerprint density at radius 3 is 2.72 bits per heavy atom. The lowest BCUT2D eigenvalue weighted by atomic mass is 10.1. The SMILES string of the molecule is Cc1cc(C)n(C[C@H]2CCCN2CC(C)(C)O)n1. The molecule has 1 aliphatic heterocycles. The first-order valence-electron chi connectivity index (χ1n) is 6.83. The van der Waals surface area contributed by atoms with Gasteiger partial charge in [-0.2, -0.15) is 5.10 Å². The van der Waals surface area contributed by atoms with Crippen molar-refractivity contribution in [2.45, 2.75) is 58.7 Å². The average molecular weight is 251 g/mol. The Morgan fingerprint density at radius 2 is 2.17 bits per heavy atom. The molecule has 2 heterocycles. The van der Waals surface area contributed by atoms with E-state index in [9.17, 15) is 5.11 Å². The number of aryl methyl sites for hydroxylation is 2. The van der Waals surface area contributed by atoms with Crippen LogP contribution in [0.2, 0.25) is 0 Å². The summed E-state index contributed by atoms with van der Waals surface area (Å²) < 4.78 is 2.10. The van der Waals surface area contributed by atoms with Crippen LogP contribution < -0.4 is 0 Å². The molecule has 0 unspecified atom stereocenters. The van der Waals surface area contributed by atoms with E-state index >= 15 is 0 Å². The summed E-state index contributed by atoms with van der Waals surface area (Å²) in [6, 6.07) is 2.63. The lowest BCUT2D eigenvalue weighted by Gasteiger charge is -2.30. The molecule has 1 aromatic heterocycles. The van der Waals surface area contributed by atoms with Gasteiger partial charge in [-0.1, -0.05) is 0 Å². The molecule has 0 bridgehead atoms. The summed E-state index contributed by atoms with van der Waals surface area (Å²) in [5.74, 6) is 0. The van der Waals surface area contributed by atoms with Gasteiger partial charge in [0.2, 0.25) is 0 Å². The van der Waals surface area contributed by atoms with Crippen molar-refractivity contribution >= 4 is 0 Å². The zero-order chi connectivity index (χ0) is 13.3. The maximum atomic E-state index is 9.96. The molecule has 0 spiro atoms. The van der Waals surface area contributed by atoms with Crippen molar-refractivity contribution in [1.82, 2.24) is 14.7 Å². The molecular formula is C14H25N3O. The summed E-state index contributed by atoms with van der Waals surface area (Å²) >= 11 is 0. The van der Waals surface area contributed by atoms with Crippen molar-refractivity contribution in [3.8, 4) is 0 Å². The molecule has 2 rings (SSSR count). The highest BCUT2D eigenvalue weighted by molar-refractivity contribution is 5.07. The van der Waals surface area contributed by atoms with Crippen molar-refractivity contribution in [3.63, 3.8) is 0 Å². The lowest BCUT2D eigenvalue weighted by Crippen LogP contribution is -2.43. The second-order valence-electron chi connectivity index (χ2n) is 6.19. The van der Waals surface area contributed by atoms with Gasteiger partial charge in [-0.05, 0) is 53.1 Å². The van der Waals surface area contributed by atoms with Crippen LogP contribution in [0.3, 0.4) is 0 Å². The Morgan fingerprint density at radius 1 is 1.44 bits per heavy atom. The number of likely N-dealkylation sites (tertiary alicyclic amines) is 1. The summed E-state index contributed by atoms with van der Waals surface area (Å²) in [7, 11) is 0. The van der Waals surface area contributed by atoms with Crippen LogP contribution in [0.1, 0.15) is 38.1 Å². The first-order chi connectivity index (χ1) is 8.35. The van der Waals surface area contributed by atoms with E-state index in [4.69, 9.17) is 0 Å². The maximum absolute atomic E-state index is 9.96. The minimum atomic E-state index is -0.613. The second kappa shape index (κ2) is 5.02. The summed E-state index contributed by atoms with van der Waals surface area (Å²) in [6.07, 6.45) is 2.43. The van der Waals surface area contributed by atoms with Gasteiger partial charge in [0.25, 0.3) is 0 Å². The van der Waals surface area contributed by atoms with Gasteiger partial charge < -0.3 is 5.11 Å². The van der Waals surface area contributed by atoms with Gasteiger partial charge >= 0.3 is 0 Å². The first-order valence-corrected chi connectivity index (χ1v) is 6.83. The van der Waals surface area contributed by atoms with E-state index < -0.39 is 5.60 Å². The van der Waals surface area contributed by atoms with Crippen molar-refractivity contribution in [3.05, 3.63) is 17.5 Å². The molecule has 102 valence electrons. The van der Waals surface area contributed by atoms with E-state index in [1.165, 1.54) is 18.5 Å². The van der Waals surface area contributed by atoms with Gasteiger partial charge in [-0.25, -0.2) is 0 Å². The first kappa shape index (κ1) is 13.6. The van der Waals surface area contributed by atoms with Crippen LogP contribution >= 0.6 is 0 Å². The van der Waals surface area contributed by atoms with Crippen LogP contribution in [0.5, 0.6) is 0 Å². The highest BCUT2D eigenvalue weighted by Crippen LogP contribution is 2.21. The van der Waals surface area contributed by atoms with Gasteiger partial charge in [-0.3, -0.25) is 9.58 Å². The van der Waals surface area contributed by atoms with E-state index in [1.54, 1.807) is 0 Å². The van der Waals surface area contributed by atoms with Crippen molar-refractivity contribution < 1.29 is 5.11 Å². The lowest BCUT2D eigenvalue weighted by molar-refractivity contribution is 0.0292. The molecule has 1 saturated heterocycles. The van der Waals surface area contributed by atoms with Gasteiger partial charge in [0.15, 0.2) is 0 Å². The third-order valence-corrected chi connectivity index (χ3v) is 3.58. The molecule has 0 aromatic carbocycles. The predicted octanol–water partition coefficient (Wildman–Crippen LogP) is 1.74. The molecule has 1 aromatic rings. The van der Waals surface area contributed by atoms with Crippen molar-refractivity contribution in [2.75, 3.05) is 13.1 Å². The molecule has 0 amide bonds. The summed E-state index contributed by atoms with van der Waals surface area (Å²) in [5.41, 5.74) is 1.69. The Kier molecular flexibility index (Phi) is 3.78. The monoisotopic (exact) mass is 251 g/mol. The molecule has 0 saturated carbocycles. The third-order valence-electron chi connectivity index (χ3n) is 3.58. The minimum Gasteiger partial charge on any atom is -0.389 e. The third kappa shape index (κ3) is 3.33. The number of nitrogens with zero attached hydrogens (tertiary/aromatic N) is 3. The number of hydrogen-bond acceptors (Lipinski definition) is 3. The normalized spacial score (nSPS) is 21.7. The van der Waals surface area contributed by atoms with E-state index in [-0.39, 0.29) is 0 Å². The standard InChI is InChI=1S/C14H25N3O/c1-11-8-12(2)17(15-11)9-13-6-5-7-16(13)10-14(3,4)18/h8,13,18H,5-7,9-10H2,1-4H3/t13-/m1/s1. The Bertz CT molecular complexity index is 406. The maximum Gasteiger partial charge on any atom is 0.0718 e. The van der Waals surface area contributed by atoms with Crippen LogP contribution in [0.15, 0.2) is 6.07 Å². The molecule has 4 nitrogen and oxygen atoms in total. The minimum absolute atomic E-state index is 0.509. The number of aromatic nitrogens is 2. The molecule has 1 N–H and O–H groups in total. The Labute approximate surface area is 110 Å². The quantitative estimate of drug-likeness (QED) is 0.886. The summed E-state index contributed by atoms with van der Waals surface area (Å²) in [5, 5.41) is 14.5. The van der Waals surface area contributed by atoms with Crippen LogP contribution in [0, 0.1) is 13.8 Å². The number of rotatable bonds is 4. The van der Waals surface area contributed by atoms with E-state index in [2.05, 4.69) is 27.7 Å². The molecule has 4 heteroatoms. The number of aliphatic hydroxyl groups is 1. The van der Waals surface area contributed by atoms with Gasteiger partial charge in [0.05, 0.1) is 17.8 Å². The van der Waals surface area contributed by atoms with E-state index in [1.807, 2.05) is 20.8 Å². The zero-order valence-corrected chi connectivity index (χ0v) is 12.0. The summed E-state index contributed by atoms with van der Waals surface area (Å²) in [6.45, 7) is 10.7. The molecular weight excluding hydrogens is 226 g/mol. The molecule has 18 heavy (non-hydrogen) atoms. The average Bonchev–Trinajstić information content (AvgIpc) is 2.73. The molecule has 1 aliphatic rings. The van der Waals surface area contributed by atoms with E-state index in [0.29, 0.717) is 6.04 Å². The molecule has 0 aliphatic carbocycles. The number of β-amino-alcohol motifs (C(OH)–C–C–N with tert-alkyl or cyclic N) is 1. The van der Waals surface area contributed by atoms with E-state index in [0.717, 1.165) is 25.3 Å². The highest BCUT2D eigenvalue weighted by atomic mass is 16.3. The molecule has 0 radical (unpaired) electrons. The van der Waals surface area contributed by atoms with Gasteiger partial charge in [0.1, 0.15) is 0 Å². The molecule has 1 fully saturated rings. The van der Waals surface area contributed by atoms with Crippen molar-refractivity contribution in [1.29, 1.82) is 0 Å².